The zero-order valence-corrected chi connectivity index (χ0v) is 16.3. The highest BCUT2D eigenvalue weighted by molar-refractivity contribution is 5.90. The number of nitrogens with one attached hydrogen (secondary N) is 2. The minimum Gasteiger partial charge on any atom is -0.324 e. The summed E-state index contributed by atoms with van der Waals surface area (Å²) in [5.74, 6) is 0. The van der Waals surface area contributed by atoms with E-state index in [0.717, 1.165) is 42.6 Å². The van der Waals surface area contributed by atoms with Gasteiger partial charge in [-0.3, -0.25) is 10.3 Å². The second-order valence-electron chi connectivity index (χ2n) is 7.52. The van der Waals surface area contributed by atoms with Crippen molar-refractivity contribution < 1.29 is 9.63 Å². The summed E-state index contributed by atoms with van der Waals surface area (Å²) < 4.78 is 0. The summed E-state index contributed by atoms with van der Waals surface area (Å²) in [7, 11) is 0. The van der Waals surface area contributed by atoms with Gasteiger partial charge in [0, 0.05) is 31.6 Å². The molecule has 2 heterocycles. The van der Waals surface area contributed by atoms with Gasteiger partial charge in [0.2, 0.25) is 0 Å². The predicted molar refractivity (Wildman–Crippen MR) is 112 cm³/mol. The standard InChI is InChI=1S/C23H27N3O2/c1-2-8-18-11-6-7-12-20(18)24-22(27)26-15-13-23(14-16-26)17-21(25-28-23)19-9-4-3-5-10-19/h3-7,9-12,17,25H,2,8,13-16H2,1H3,(H,24,27). The maximum Gasteiger partial charge on any atom is 0.321 e. The quantitative estimate of drug-likeness (QED) is 0.820. The van der Waals surface area contributed by atoms with Gasteiger partial charge in [0.05, 0.1) is 5.70 Å². The van der Waals surface area contributed by atoms with Crippen LogP contribution in [-0.2, 0) is 11.3 Å². The summed E-state index contributed by atoms with van der Waals surface area (Å²) in [6.45, 7) is 3.49. The van der Waals surface area contributed by atoms with Crippen LogP contribution < -0.4 is 10.8 Å². The van der Waals surface area contributed by atoms with E-state index in [9.17, 15) is 4.79 Å². The third kappa shape index (κ3) is 3.90. The van der Waals surface area contributed by atoms with Gasteiger partial charge in [-0.2, -0.15) is 0 Å². The van der Waals surface area contributed by atoms with Gasteiger partial charge in [-0.05, 0) is 29.7 Å². The molecule has 4 rings (SSSR count). The average Bonchev–Trinajstić information content (AvgIpc) is 3.14. The number of carbonyl (C=O) groups is 1. The Hall–Kier alpha value is -2.79. The number of rotatable bonds is 4. The zero-order chi connectivity index (χ0) is 19.4. The molecule has 2 aliphatic rings. The van der Waals surface area contributed by atoms with Gasteiger partial charge in [-0.25, -0.2) is 4.79 Å². The molecule has 5 heteroatoms. The van der Waals surface area contributed by atoms with Crippen molar-refractivity contribution in [3.8, 4) is 0 Å². The number of hydroxylamine groups is 1. The van der Waals surface area contributed by atoms with Gasteiger partial charge >= 0.3 is 6.03 Å². The Morgan fingerprint density at radius 3 is 2.57 bits per heavy atom. The molecule has 0 unspecified atom stereocenters. The Bertz CT molecular complexity index is 855. The van der Waals surface area contributed by atoms with E-state index in [1.54, 1.807) is 0 Å². The molecular formula is C23H27N3O2. The third-order valence-corrected chi connectivity index (χ3v) is 5.53. The molecule has 0 saturated carbocycles. The van der Waals surface area contributed by atoms with Crippen LogP contribution in [0.3, 0.4) is 0 Å². The Labute approximate surface area is 166 Å². The molecule has 2 aliphatic heterocycles. The molecule has 1 fully saturated rings. The van der Waals surface area contributed by atoms with E-state index >= 15 is 0 Å². The van der Waals surface area contributed by atoms with E-state index in [2.05, 4.69) is 42.0 Å². The molecule has 28 heavy (non-hydrogen) atoms. The highest BCUT2D eigenvalue weighted by Crippen LogP contribution is 2.34. The Balaban J connectivity index is 1.38. The van der Waals surface area contributed by atoms with Crippen molar-refractivity contribution in [2.75, 3.05) is 18.4 Å². The van der Waals surface area contributed by atoms with Crippen molar-refractivity contribution in [2.45, 2.75) is 38.2 Å². The minimum atomic E-state index is -0.331. The summed E-state index contributed by atoms with van der Waals surface area (Å²) in [5.41, 5.74) is 6.98. The van der Waals surface area contributed by atoms with Crippen LogP contribution in [0.4, 0.5) is 10.5 Å². The molecule has 2 amide bonds. The maximum atomic E-state index is 12.8. The first-order valence-corrected chi connectivity index (χ1v) is 10.1. The molecule has 0 atom stereocenters. The fraction of sp³-hybridized carbons (Fsp3) is 0.348. The first kappa shape index (κ1) is 18.6. The van der Waals surface area contributed by atoms with E-state index in [-0.39, 0.29) is 11.6 Å². The number of nitrogens with zero attached hydrogens (tertiary/aromatic N) is 1. The SMILES string of the molecule is CCCc1ccccc1NC(=O)N1CCC2(C=C(c3ccccc3)NO2)CC1. The van der Waals surface area contributed by atoms with Crippen LogP contribution in [-0.4, -0.2) is 29.6 Å². The summed E-state index contributed by atoms with van der Waals surface area (Å²) in [5, 5.41) is 3.09. The highest BCUT2D eigenvalue weighted by Gasteiger charge is 2.39. The number of anilines is 1. The maximum absolute atomic E-state index is 12.8. The van der Waals surface area contributed by atoms with Crippen LogP contribution in [0.1, 0.15) is 37.3 Å². The molecule has 2 aromatic carbocycles. The number of benzene rings is 2. The average molecular weight is 377 g/mol. The van der Waals surface area contributed by atoms with Crippen molar-refractivity contribution in [3.63, 3.8) is 0 Å². The number of carbonyl (C=O) groups excluding carboxylic acids is 1. The van der Waals surface area contributed by atoms with E-state index in [1.165, 1.54) is 5.56 Å². The van der Waals surface area contributed by atoms with Crippen molar-refractivity contribution in [2.24, 2.45) is 0 Å². The van der Waals surface area contributed by atoms with Gasteiger partial charge in [-0.15, -0.1) is 0 Å². The normalized spacial score (nSPS) is 17.9. The van der Waals surface area contributed by atoms with Crippen LogP contribution in [0, 0.1) is 0 Å². The van der Waals surface area contributed by atoms with Crippen LogP contribution in [0.15, 0.2) is 60.7 Å². The molecule has 0 radical (unpaired) electrons. The monoisotopic (exact) mass is 377 g/mol. The summed E-state index contributed by atoms with van der Waals surface area (Å²) in [6.07, 6.45) is 5.75. The molecule has 146 valence electrons. The third-order valence-electron chi connectivity index (χ3n) is 5.53. The van der Waals surface area contributed by atoms with Crippen molar-refractivity contribution >= 4 is 17.4 Å². The molecule has 0 aromatic heterocycles. The summed E-state index contributed by atoms with van der Waals surface area (Å²) in [4.78, 5) is 20.6. The Morgan fingerprint density at radius 2 is 1.82 bits per heavy atom. The van der Waals surface area contributed by atoms with Crippen LogP contribution in [0.2, 0.25) is 0 Å². The second kappa shape index (κ2) is 8.07. The van der Waals surface area contributed by atoms with Crippen molar-refractivity contribution in [3.05, 3.63) is 71.8 Å². The minimum absolute atomic E-state index is 0.0309. The van der Waals surface area contributed by atoms with Crippen molar-refractivity contribution in [1.29, 1.82) is 0 Å². The predicted octanol–water partition coefficient (Wildman–Crippen LogP) is 4.58. The van der Waals surface area contributed by atoms with Gasteiger partial charge in [0.1, 0.15) is 5.60 Å². The fourth-order valence-corrected chi connectivity index (χ4v) is 3.90. The van der Waals surface area contributed by atoms with Crippen LogP contribution in [0.5, 0.6) is 0 Å². The highest BCUT2D eigenvalue weighted by atomic mass is 16.7. The lowest BCUT2D eigenvalue weighted by atomic mass is 9.90. The van der Waals surface area contributed by atoms with E-state index in [0.29, 0.717) is 13.1 Å². The molecule has 0 aliphatic carbocycles. The molecule has 2 N–H and O–H groups in total. The zero-order valence-electron chi connectivity index (χ0n) is 16.3. The lowest BCUT2D eigenvalue weighted by molar-refractivity contribution is -0.0634. The number of likely N-dealkylation sites (tertiary alicyclic amines) is 1. The number of piperidine rings is 1. The van der Waals surface area contributed by atoms with Gasteiger partial charge < -0.3 is 10.2 Å². The van der Waals surface area contributed by atoms with E-state index < -0.39 is 0 Å². The number of amides is 2. The second-order valence-corrected chi connectivity index (χ2v) is 7.52. The van der Waals surface area contributed by atoms with Gasteiger partial charge in [-0.1, -0.05) is 61.9 Å². The first-order chi connectivity index (χ1) is 13.7. The topological polar surface area (TPSA) is 53.6 Å². The molecule has 2 aromatic rings. The first-order valence-electron chi connectivity index (χ1n) is 10.1. The van der Waals surface area contributed by atoms with E-state index in [1.807, 2.05) is 41.3 Å². The number of hydrogen-bond donors (Lipinski definition) is 2. The molecular weight excluding hydrogens is 350 g/mol. The number of para-hydroxylation sites is 1. The molecule has 1 saturated heterocycles. The van der Waals surface area contributed by atoms with Crippen molar-refractivity contribution in [1.82, 2.24) is 10.4 Å². The number of hydrogen-bond acceptors (Lipinski definition) is 3. The van der Waals surface area contributed by atoms with Gasteiger partial charge in [0.15, 0.2) is 0 Å². The number of urea groups is 1. The van der Waals surface area contributed by atoms with E-state index in [4.69, 9.17) is 4.84 Å². The van der Waals surface area contributed by atoms with Gasteiger partial charge in [0.25, 0.3) is 0 Å². The number of aryl methyl sites for hydroxylation is 1. The lowest BCUT2D eigenvalue weighted by Crippen LogP contribution is -2.48. The summed E-state index contributed by atoms with van der Waals surface area (Å²) in [6, 6.07) is 18.2. The van der Waals surface area contributed by atoms with Crippen LogP contribution in [0.25, 0.3) is 5.70 Å². The molecule has 5 nitrogen and oxygen atoms in total. The Morgan fingerprint density at radius 1 is 1.11 bits per heavy atom. The van der Waals surface area contributed by atoms with Crippen LogP contribution >= 0.6 is 0 Å². The smallest absolute Gasteiger partial charge is 0.321 e. The Kier molecular flexibility index (Phi) is 5.35. The lowest BCUT2D eigenvalue weighted by Gasteiger charge is -2.36. The summed E-state index contributed by atoms with van der Waals surface area (Å²) >= 11 is 0. The molecule has 0 bridgehead atoms. The fourth-order valence-electron chi connectivity index (χ4n) is 3.90. The largest absolute Gasteiger partial charge is 0.324 e. The molecule has 1 spiro atoms.